The number of amidine groups is 1. The van der Waals surface area contributed by atoms with Gasteiger partial charge < -0.3 is 5.73 Å². The maximum absolute atomic E-state index is 13.6. The van der Waals surface area contributed by atoms with Crippen LogP contribution in [0.25, 0.3) is 0 Å². The molecule has 0 spiro atoms. The Bertz CT molecular complexity index is 579. The fourth-order valence-electron chi connectivity index (χ4n) is 1.58. The Morgan fingerprint density at radius 1 is 1.17 bits per heavy atom. The molecule has 2 rings (SSSR count). The molecule has 0 heterocycles. The van der Waals surface area contributed by atoms with E-state index in [1.807, 2.05) is 31.2 Å². The van der Waals surface area contributed by atoms with Crippen molar-refractivity contribution in [3.8, 4) is 0 Å². The normalized spacial score (nSPS) is 10.3. The van der Waals surface area contributed by atoms with E-state index in [1.54, 1.807) is 12.1 Å². The number of nitrogens with one attached hydrogen (secondary N) is 1. The number of nitrogen functional groups attached to an aromatic ring is 1. The van der Waals surface area contributed by atoms with Crippen molar-refractivity contribution < 1.29 is 4.39 Å². The summed E-state index contributed by atoms with van der Waals surface area (Å²) in [5, 5.41) is 7.44. The third-order valence-electron chi connectivity index (χ3n) is 2.49. The molecule has 2 aromatic rings. The maximum Gasteiger partial charge on any atom is 0.135 e. The molecule has 0 bridgehead atoms. The first-order valence-corrected chi connectivity index (χ1v) is 6.27. The molecule has 2 aromatic carbocycles. The van der Waals surface area contributed by atoms with Crippen molar-refractivity contribution in [3.05, 3.63) is 59.4 Å². The molecular weight excluding hydrogens is 247 g/mol. The zero-order chi connectivity index (χ0) is 13.1. The summed E-state index contributed by atoms with van der Waals surface area (Å²) in [6.07, 6.45) is 0. The van der Waals surface area contributed by atoms with Gasteiger partial charge in [0.25, 0.3) is 0 Å². The van der Waals surface area contributed by atoms with Crippen LogP contribution in [0.2, 0.25) is 0 Å². The summed E-state index contributed by atoms with van der Waals surface area (Å²) < 4.78 is 13.6. The highest BCUT2D eigenvalue weighted by atomic mass is 32.2. The summed E-state index contributed by atoms with van der Waals surface area (Å²) in [5.74, 6) is -0.706. The first-order chi connectivity index (χ1) is 8.58. The van der Waals surface area contributed by atoms with Gasteiger partial charge in [0.1, 0.15) is 11.7 Å². The molecule has 18 heavy (non-hydrogen) atoms. The minimum atomic E-state index is -0.459. The third-order valence-corrected chi connectivity index (χ3v) is 3.56. The first kappa shape index (κ1) is 12.6. The van der Waals surface area contributed by atoms with Crippen LogP contribution in [0.4, 0.5) is 4.39 Å². The fourth-order valence-corrected chi connectivity index (χ4v) is 2.57. The topological polar surface area (TPSA) is 49.9 Å². The van der Waals surface area contributed by atoms with Crippen molar-refractivity contribution in [3.63, 3.8) is 0 Å². The molecule has 0 fully saturated rings. The third kappa shape index (κ3) is 2.71. The van der Waals surface area contributed by atoms with Crippen LogP contribution in [-0.2, 0) is 0 Å². The molecule has 0 aliphatic rings. The van der Waals surface area contributed by atoms with Crippen LogP contribution in [-0.4, -0.2) is 5.84 Å². The number of halogens is 1. The van der Waals surface area contributed by atoms with E-state index in [1.165, 1.54) is 23.4 Å². The minimum absolute atomic E-state index is 0.170. The predicted molar refractivity (Wildman–Crippen MR) is 72.7 cm³/mol. The van der Waals surface area contributed by atoms with E-state index in [0.29, 0.717) is 4.90 Å². The molecule has 0 saturated heterocycles. The second-order valence-electron chi connectivity index (χ2n) is 3.94. The van der Waals surface area contributed by atoms with E-state index < -0.39 is 5.82 Å². The van der Waals surface area contributed by atoms with Gasteiger partial charge in [-0.25, -0.2) is 4.39 Å². The molecule has 0 aliphatic carbocycles. The lowest BCUT2D eigenvalue weighted by Crippen LogP contribution is -2.14. The molecule has 0 aromatic heterocycles. The highest BCUT2D eigenvalue weighted by Crippen LogP contribution is 2.31. The SMILES string of the molecule is Cc1ccc(Sc2cccc(F)c2C(=N)N)cc1. The van der Waals surface area contributed by atoms with Crippen LogP contribution >= 0.6 is 11.8 Å². The molecule has 0 aliphatic heterocycles. The van der Waals surface area contributed by atoms with Crippen molar-refractivity contribution >= 4 is 17.6 Å². The van der Waals surface area contributed by atoms with Crippen LogP contribution in [0.5, 0.6) is 0 Å². The highest BCUT2D eigenvalue weighted by molar-refractivity contribution is 7.99. The summed E-state index contributed by atoms with van der Waals surface area (Å²) in [4.78, 5) is 1.65. The molecule has 0 radical (unpaired) electrons. The van der Waals surface area contributed by atoms with Crippen LogP contribution < -0.4 is 5.73 Å². The van der Waals surface area contributed by atoms with Gasteiger partial charge in [-0.2, -0.15) is 0 Å². The van der Waals surface area contributed by atoms with E-state index in [4.69, 9.17) is 11.1 Å². The summed E-state index contributed by atoms with van der Waals surface area (Å²) in [5.41, 5.74) is 6.76. The zero-order valence-electron chi connectivity index (χ0n) is 9.91. The maximum atomic E-state index is 13.6. The molecule has 0 unspecified atom stereocenters. The average molecular weight is 260 g/mol. The van der Waals surface area contributed by atoms with Crippen LogP contribution in [0.15, 0.2) is 52.3 Å². The first-order valence-electron chi connectivity index (χ1n) is 5.45. The van der Waals surface area contributed by atoms with Crippen molar-refractivity contribution in [2.45, 2.75) is 16.7 Å². The smallest absolute Gasteiger partial charge is 0.135 e. The Hall–Kier alpha value is -1.81. The van der Waals surface area contributed by atoms with Crippen molar-refractivity contribution in [1.29, 1.82) is 5.41 Å². The number of nitrogens with two attached hydrogens (primary N) is 1. The molecule has 0 amide bonds. The van der Waals surface area contributed by atoms with E-state index in [9.17, 15) is 4.39 Å². The Labute approximate surface area is 110 Å². The summed E-state index contributed by atoms with van der Waals surface area (Å²) in [6, 6.07) is 12.6. The standard InChI is InChI=1S/C14H13FN2S/c1-9-5-7-10(8-6-9)18-12-4-2-3-11(15)13(12)14(16)17/h2-8H,1H3,(H3,16,17). The number of rotatable bonds is 3. The lowest BCUT2D eigenvalue weighted by atomic mass is 10.2. The Morgan fingerprint density at radius 2 is 1.83 bits per heavy atom. The Balaban J connectivity index is 2.37. The molecule has 92 valence electrons. The van der Waals surface area contributed by atoms with Gasteiger partial charge >= 0.3 is 0 Å². The lowest BCUT2D eigenvalue weighted by Gasteiger charge is -2.08. The zero-order valence-corrected chi connectivity index (χ0v) is 10.7. The molecular formula is C14H13FN2S. The molecule has 0 saturated carbocycles. The summed E-state index contributed by atoms with van der Waals surface area (Å²) in [6.45, 7) is 2.01. The van der Waals surface area contributed by atoms with Crippen LogP contribution in [0, 0.1) is 18.2 Å². The van der Waals surface area contributed by atoms with Gasteiger partial charge in [-0.05, 0) is 31.2 Å². The van der Waals surface area contributed by atoms with E-state index in [-0.39, 0.29) is 11.4 Å². The Morgan fingerprint density at radius 3 is 2.44 bits per heavy atom. The largest absolute Gasteiger partial charge is 0.384 e. The van der Waals surface area contributed by atoms with E-state index >= 15 is 0 Å². The number of hydrogen-bond acceptors (Lipinski definition) is 2. The number of aryl methyl sites for hydroxylation is 1. The minimum Gasteiger partial charge on any atom is -0.384 e. The van der Waals surface area contributed by atoms with Crippen LogP contribution in [0.1, 0.15) is 11.1 Å². The quantitative estimate of drug-likeness (QED) is 0.654. The second-order valence-corrected chi connectivity index (χ2v) is 5.06. The highest BCUT2D eigenvalue weighted by Gasteiger charge is 2.12. The number of hydrogen-bond donors (Lipinski definition) is 2. The van der Waals surface area contributed by atoms with Gasteiger partial charge in [0.15, 0.2) is 0 Å². The fraction of sp³-hybridized carbons (Fsp3) is 0.0714. The molecule has 3 N–H and O–H groups in total. The van der Waals surface area contributed by atoms with Crippen molar-refractivity contribution in [2.75, 3.05) is 0 Å². The van der Waals surface area contributed by atoms with Crippen molar-refractivity contribution in [2.24, 2.45) is 5.73 Å². The van der Waals surface area contributed by atoms with Gasteiger partial charge in [-0.3, -0.25) is 5.41 Å². The number of benzene rings is 2. The van der Waals surface area contributed by atoms with Gasteiger partial charge in [0.05, 0.1) is 5.56 Å². The summed E-state index contributed by atoms with van der Waals surface area (Å²) >= 11 is 1.40. The average Bonchev–Trinajstić information content (AvgIpc) is 2.32. The molecule has 4 heteroatoms. The second kappa shape index (κ2) is 5.23. The monoisotopic (exact) mass is 260 g/mol. The van der Waals surface area contributed by atoms with Gasteiger partial charge in [-0.1, -0.05) is 35.5 Å². The van der Waals surface area contributed by atoms with E-state index in [2.05, 4.69) is 0 Å². The van der Waals surface area contributed by atoms with E-state index in [0.717, 1.165) is 4.90 Å². The predicted octanol–water partition coefficient (Wildman–Crippen LogP) is 3.57. The van der Waals surface area contributed by atoms with Crippen molar-refractivity contribution in [1.82, 2.24) is 0 Å². The van der Waals surface area contributed by atoms with Gasteiger partial charge in [0.2, 0.25) is 0 Å². The summed E-state index contributed by atoms with van der Waals surface area (Å²) in [7, 11) is 0. The lowest BCUT2D eigenvalue weighted by molar-refractivity contribution is 0.621. The molecule has 2 nitrogen and oxygen atoms in total. The Kier molecular flexibility index (Phi) is 3.67. The van der Waals surface area contributed by atoms with Gasteiger partial charge in [-0.15, -0.1) is 0 Å². The van der Waals surface area contributed by atoms with Gasteiger partial charge in [0, 0.05) is 9.79 Å². The van der Waals surface area contributed by atoms with Crippen LogP contribution in [0.3, 0.4) is 0 Å². The molecule has 0 atom stereocenters.